The van der Waals surface area contributed by atoms with Crippen LogP contribution in [0.25, 0.3) is 0 Å². The molecule has 1 aromatic heterocycles. The third-order valence-electron chi connectivity index (χ3n) is 4.51. The molecule has 0 saturated heterocycles. The van der Waals surface area contributed by atoms with Crippen LogP contribution in [0.2, 0.25) is 4.34 Å². The maximum Gasteiger partial charge on any atom is 0.252 e. The molecule has 0 aromatic carbocycles. The standard InChI is InChI=1S/C16H25ClN2O3S2/c1-3-4-6-12-7-5-8-13(12)18-15(20)11-19(2)24(21,22)16-10-9-14(17)23-16/h9-10,12-13H,3-8,11H2,1-2H3,(H,18,20). The molecule has 1 saturated carbocycles. The predicted octanol–water partition coefficient (Wildman–Crippen LogP) is 3.50. The zero-order valence-corrected chi connectivity index (χ0v) is 16.5. The SMILES string of the molecule is CCCCC1CCCC1NC(=O)CN(C)S(=O)(=O)c1ccc(Cl)s1. The second-order valence-corrected chi connectivity index (χ2v) is 10.3. The topological polar surface area (TPSA) is 66.5 Å². The zero-order chi connectivity index (χ0) is 17.7. The molecule has 8 heteroatoms. The van der Waals surface area contributed by atoms with Crippen molar-refractivity contribution in [3.8, 4) is 0 Å². The van der Waals surface area contributed by atoms with Gasteiger partial charge in [0.05, 0.1) is 10.9 Å². The van der Waals surface area contributed by atoms with E-state index in [0.29, 0.717) is 10.3 Å². The van der Waals surface area contributed by atoms with Crippen LogP contribution >= 0.6 is 22.9 Å². The number of likely N-dealkylation sites (N-methyl/N-ethyl adjacent to an activating group) is 1. The first-order chi connectivity index (χ1) is 11.3. The van der Waals surface area contributed by atoms with Crippen LogP contribution in [0.1, 0.15) is 45.4 Å². The molecule has 0 bridgehead atoms. The molecule has 0 aliphatic heterocycles. The fraction of sp³-hybridized carbons (Fsp3) is 0.688. The van der Waals surface area contributed by atoms with Crippen LogP contribution in [-0.4, -0.2) is 38.3 Å². The minimum absolute atomic E-state index is 0.157. The molecule has 5 nitrogen and oxygen atoms in total. The van der Waals surface area contributed by atoms with Crippen molar-refractivity contribution >= 4 is 38.9 Å². The van der Waals surface area contributed by atoms with Gasteiger partial charge in [-0.2, -0.15) is 4.31 Å². The number of rotatable bonds is 8. The summed E-state index contributed by atoms with van der Waals surface area (Å²) in [6, 6.07) is 3.19. The van der Waals surface area contributed by atoms with Crippen molar-refractivity contribution in [1.82, 2.24) is 9.62 Å². The Hall–Kier alpha value is -0.630. The maximum absolute atomic E-state index is 12.4. The highest BCUT2D eigenvalue weighted by molar-refractivity contribution is 7.91. The van der Waals surface area contributed by atoms with E-state index in [1.54, 1.807) is 6.07 Å². The number of nitrogens with zero attached hydrogens (tertiary/aromatic N) is 1. The fourth-order valence-electron chi connectivity index (χ4n) is 3.17. The first-order valence-corrected chi connectivity index (χ1v) is 11.0. The smallest absolute Gasteiger partial charge is 0.252 e. The molecule has 1 aliphatic rings. The molecular formula is C16H25ClN2O3S2. The summed E-state index contributed by atoms with van der Waals surface area (Å²) in [5, 5.41) is 3.03. The predicted molar refractivity (Wildman–Crippen MR) is 97.9 cm³/mol. The summed E-state index contributed by atoms with van der Waals surface area (Å²) in [6.45, 7) is 1.99. The second-order valence-electron chi connectivity index (χ2n) is 6.33. The number of sulfonamides is 1. The third-order valence-corrected chi connectivity index (χ3v) is 8.02. The molecule has 1 fully saturated rings. The van der Waals surface area contributed by atoms with Crippen molar-refractivity contribution in [3.63, 3.8) is 0 Å². The Morgan fingerprint density at radius 1 is 1.42 bits per heavy atom. The Labute approximate surface area is 153 Å². The van der Waals surface area contributed by atoms with Gasteiger partial charge in [-0.05, 0) is 37.3 Å². The average molecular weight is 393 g/mol. The summed E-state index contributed by atoms with van der Waals surface area (Å²) >= 11 is 6.80. The Bertz CT molecular complexity index is 660. The Balaban J connectivity index is 1.91. The molecule has 2 atom stereocenters. The lowest BCUT2D eigenvalue weighted by Crippen LogP contribution is -2.43. The highest BCUT2D eigenvalue weighted by Gasteiger charge is 2.30. The van der Waals surface area contributed by atoms with Crippen LogP contribution in [0.5, 0.6) is 0 Å². The lowest BCUT2D eigenvalue weighted by molar-refractivity contribution is -0.122. The van der Waals surface area contributed by atoms with E-state index in [1.807, 2.05) is 0 Å². The first-order valence-electron chi connectivity index (χ1n) is 8.35. The van der Waals surface area contributed by atoms with Crippen molar-refractivity contribution in [2.45, 2.75) is 55.7 Å². The van der Waals surface area contributed by atoms with E-state index >= 15 is 0 Å². The third kappa shape index (κ3) is 4.94. The number of amides is 1. The number of halogens is 1. The number of nitrogens with one attached hydrogen (secondary N) is 1. The maximum atomic E-state index is 12.4. The average Bonchev–Trinajstić information content (AvgIpc) is 3.14. The summed E-state index contributed by atoms with van der Waals surface area (Å²) in [5.41, 5.74) is 0. The van der Waals surface area contributed by atoms with Crippen LogP contribution in [0, 0.1) is 5.92 Å². The van der Waals surface area contributed by atoms with E-state index < -0.39 is 10.0 Å². The highest BCUT2D eigenvalue weighted by atomic mass is 35.5. The van der Waals surface area contributed by atoms with Crippen LogP contribution < -0.4 is 5.32 Å². The summed E-state index contributed by atoms with van der Waals surface area (Å²) in [7, 11) is -2.25. The molecule has 1 heterocycles. The molecule has 0 spiro atoms. The second kappa shape index (κ2) is 8.65. The molecular weight excluding hydrogens is 368 g/mol. The minimum atomic E-state index is -3.67. The van der Waals surface area contributed by atoms with Gasteiger partial charge in [-0.3, -0.25) is 4.79 Å². The zero-order valence-electron chi connectivity index (χ0n) is 14.1. The number of hydrogen-bond donors (Lipinski definition) is 1. The van der Waals surface area contributed by atoms with Gasteiger partial charge < -0.3 is 5.32 Å². The monoisotopic (exact) mass is 392 g/mol. The van der Waals surface area contributed by atoms with Gasteiger partial charge in [0.2, 0.25) is 5.91 Å². The first kappa shape index (κ1) is 19.7. The lowest BCUT2D eigenvalue weighted by Gasteiger charge is -2.22. The highest BCUT2D eigenvalue weighted by Crippen LogP contribution is 2.30. The number of thiophene rings is 1. The van der Waals surface area contributed by atoms with E-state index in [1.165, 1.54) is 19.5 Å². The number of hydrogen-bond acceptors (Lipinski definition) is 4. The van der Waals surface area contributed by atoms with Gasteiger partial charge in [0.15, 0.2) is 0 Å². The van der Waals surface area contributed by atoms with E-state index in [4.69, 9.17) is 11.6 Å². The van der Waals surface area contributed by atoms with Crippen LogP contribution in [0.15, 0.2) is 16.3 Å². The van der Waals surface area contributed by atoms with Gasteiger partial charge in [0.1, 0.15) is 4.21 Å². The van der Waals surface area contributed by atoms with Gasteiger partial charge in [-0.25, -0.2) is 8.42 Å². The normalized spacial score (nSPS) is 21.3. The molecule has 0 radical (unpaired) electrons. The minimum Gasteiger partial charge on any atom is -0.352 e. The van der Waals surface area contributed by atoms with Crippen LogP contribution in [0.3, 0.4) is 0 Å². The van der Waals surface area contributed by atoms with Gasteiger partial charge in [-0.1, -0.05) is 37.8 Å². The molecule has 2 rings (SSSR count). The van der Waals surface area contributed by atoms with Gasteiger partial charge in [0.25, 0.3) is 10.0 Å². The summed E-state index contributed by atoms with van der Waals surface area (Å²) in [6.07, 6.45) is 6.71. The number of carbonyl (C=O) groups is 1. The lowest BCUT2D eigenvalue weighted by atomic mass is 9.97. The number of unbranched alkanes of at least 4 members (excludes halogenated alkanes) is 1. The van der Waals surface area contributed by atoms with E-state index in [-0.39, 0.29) is 22.7 Å². The van der Waals surface area contributed by atoms with Gasteiger partial charge >= 0.3 is 0 Å². The summed E-state index contributed by atoms with van der Waals surface area (Å²) < 4.78 is 26.5. The van der Waals surface area contributed by atoms with Gasteiger partial charge in [-0.15, -0.1) is 11.3 Å². The quantitative estimate of drug-likeness (QED) is 0.736. The van der Waals surface area contributed by atoms with Gasteiger partial charge in [0, 0.05) is 13.1 Å². The van der Waals surface area contributed by atoms with Crippen molar-refractivity contribution in [2.24, 2.45) is 5.92 Å². The molecule has 136 valence electrons. The van der Waals surface area contributed by atoms with Crippen molar-refractivity contribution < 1.29 is 13.2 Å². The van der Waals surface area contributed by atoms with Crippen molar-refractivity contribution in [1.29, 1.82) is 0 Å². The summed E-state index contributed by atoms with van der Waals surface area (Å²) in [5.74, 6) is 0.282. The fourth-order valence-corrected chi connectivity index (χ4v) is 5.99. The summed E-state index contributed by atoms with van der Waals surface area (Å²) in [4.78, 5) is 12.3. The van der Waals surface area contributed by atoms with E-state index in [9.17, 15) is 13.2 Å². The number of carbonyl (C=O) groups excluding carboxylic acids is 1. The molecule has 1 amide bonds. The molecule has 1 aliphatic carbocycles. The van der Waals surface area contributed by atoms with E-state index in [0.717, 1.165) is 47.7 Å². The van der Waals surface area contributed by atoms with Crippen molar-refractivity contribution in [3.05, 3.63) is 16.5 Å². The van der Waals surface area contributed by atoms with Crippen molar-refractivity contribution in [2.75, 3.05) is 13.6 Å². The molecule has 1 N–H and O–H groups in total. The molecule has 2 unspecified atom stereocenters. The molecule has 1 aromatic rings. The Kier molecular flexibility index (Phi) is 7.10. The van der Waals surface area contributed by atoms with Crippen LogP contribution in [0.4, 0.5) is 0 Å². The van der Waals surface area contributed by atoms with E-state index in [2.05, 4.69) is 12.2 Å². The Morgan fingerprint density at radius 3 is 2.79 bits per heavy atom. The van der Waals surface area contributed by atoms with Crippen LogP contribution in [-0.2, 0) is 14.8 Å². The Morgan fingerprint density at radius 2 is 2.17 bits per heavy atom. The largest absolute Gasteiger partial charge is 0.352 e. The molecule has 24 heavy (non-hydrogen) atoms.